The molecule has 5 nitrogen and oxygen atoms in total. The molecule has 0 amide bonds. The molecule has 0 spiro atoms. The second kappa shape index (κ2) is 3.96. The van der Waals surface area contributed by atoms with E-state index in [9.17, 15) is 4.79 Å². The van der Waals surface area contributed by atoms with Crippen LogP contribution in [0.15, 0.2) is 44.4 Å². The molecule has 0 saturated carbocycles. The summed E-state index contributed by atoms with van der Waals surface area (Å²) in [5.41, 5.74) is 2.66. The molecule has 3 aliphatic rings. The Morgan fingerprint density at radius 3 is 3.16 bits per heavy atom. The predicted molar refractivity (Wildman–Crippen MR) is 76.0 cm³/mol. The number of aromatic nitrogens is 1. The number of aliphatic imine (C=N–C) groups is 1. The van der Waals surface area contributed by atoms with E-state index in [1.807, 2.05) is 17.8 Å². The molecule has 19 heavy (non-hydrogen) atoms. The largest absolute Gasteiger partial charge is 0.353 e. The fourth-order valence-corrected chi connectivity index (χ4v) is 3.18. The van der Waals surface area contributed by atoms with Gasteiger partial charge in [-0.3, -0.25) is 4.79 Å². The Morgan fingerprint density at radius 1 is 1.37 bits per heavy atom. The number of nitrogens with zero attached hydrogens (tertiary/aromatic N) is 3. The zero-order valence-corrected chi connectivity index (χ0v) is 10.8. The van der Waals surface area contributed by atoms with Crippen molar-refractivity contribution in [2.24, 2.45) is 4.99 Å². The van der Waals surface area contributed by atoms with Gasteiger partial charge in [0.05, 0.1) is 11.4 Å². The summed E-state index contributed by atoms with van der Waals surface area (Å²) in [7, 11) is 0. The third-order valence-corrected chi connectivity index (χ3v) is 4.10. The van der Waals surface area contributed by atoms with E-state index in [4.69, 9.17) is 0 Å². The first-order valence-corrected chi connectivity index (χ1v) is 6.89. The topological polar surface area (TPSA) is 57.6 Å². The second-order valence-corrected chi connectivity index (χ2v) is 5.33. The molecule has 1 N–H and O–H groups in total. The summed E-state index contributed by atoms with van der Waals surface area (Å²) in [6.45, 7) is 0.817. The maximum atomic E-state index is 11.5. The number of hydrogen-bond donors (Lipinski definition) is 1. The molecule has 4 heterocycles. The summed E-state index contributed by atoms with van der Waals surface area (Å²) in [4.78, 5) is 22.4. The van der Waals surface area contributed by atoms with Crippen LogP contribution in [-0.4, -0.2) is 17.7 Å². The van der Waals surface area contributed by atoms with Gasteiger partial charge in [0.15, 0.2) is 5.82 Å². The first kappa shape index (κ1) is 10.8. The average Bonchev–Trinajstić information content (AvgIpc) is 3.03. The molecular weight excluding hydrogens is 260 g/mol. The highest BCUT2D eigenvalue weighted by molar-refractivity contribution is 8.06. The Morgan fingerprint density at radius 2 is 2.32 bits per heavy atom. The Hall–Kier alpha value is -2.08. The summed E-state index contributed by atoms with van der Waals surface area (Å²) in [5, 5.41) is 6.19. The molecule has 0 unspecified atom stereocenters. The number of nitrogens with one attached hydrogen (secondary N) is 1. The minimum atomic E-state index is -0.191. The van der Waals surface area contributed by atoms with Gasteiger partial charge in [-0.2, -0.15) is 0 Å². The van der Waals surface area contributed by atoms with Gasteiger partial charge in [-0.15, -0.1) is 0 Å². The monoisotopic (exact) mass is 270 g/mol. The van der Waals surface area contributed by atoms with Crippen molar-refractivity contribution >= 4 is 23.7 Å². The fourth-order valence-electron chi connectivity index (χ4n) is 2.51. The molecule has 4 rings (SSSR count). The van der Waals surface area contributed by atoms with Gasteiger partial charge in [0.2, 0.25) is 0 Å². The summed E-state index contributed by atoms with van der Waals surface area (Å²) in [6.07, 6.45) is 4.49. The van der Waals surface area contributed by atoms with Gasteiger partial charge in [0.25, 0.3) is 5.56 Å². The van der Waals surface area contributed by atoms with E-state index in [0.29, 0.717) is 0 Å². The van der Waals surface area contributed by atoms with Crippen LogP contribution < -0.4 is 15.8 Å². The van der Waals surface area contributed by atoms with Gasteiger partial charge in [-0.1, -0.05) is 11.8 Å². The van der Waals surface area contributed by atoms with Crippen LogP contribution >= 0.6 is 11.8 Å². The van der Waals surface area contributed by atoms with Gasteiger partial charge in [-0.25, -0.2) is 9.98 Å². The molecule has 1 aromatic heterocycles. The SMILES string of the molecule is O=c1ccc2c3c(n1)CCN3/C(=C1\NC=CS1)N=C2. The Labute approximate surface area is 113 Å². The number of thioether (sulfide) groups is 1. The van der Waals surface area contributed by atoms with Crippen LogP contribution in [0.4, 0.5) is 5.69 Å². The number of anilines is 1. The summed E-state index contributed by atoms with van der Waals surface area (Å²) >= 11 is 1.62. The van der Waals surface area contributed by atoms with Crippen molar-refractivity contribution in [2.75, 3.05) is 11.4 Å². The van der Waals surface area contributed by atoms with Crippen LogP contribution in [0.5, 0.6) is 0 Å². The smallest absolute Gasteiger partial charge is 0.270 e. The highest BCUT2D eigenvalue weighted by atomic mass is 32.2. The minimum absolute atomic E-state index is 0.191. The first-order valence-electron chi connectivity index (χ1n) is 6.01. The number of hydrogen-bond acceptors (Lipinski definition) is 6. The molecule has 0 bridgehead atoms. The van der Waals surface area contributed by atoms with Crippen LogP contribution in [0.25, 0.3) is 0 Å². The van der Waals surface area contributed by atoms with Crippen molar-refractivity contribution < 1.29 is 0 Å². The summed E-state index contributed by atoms with van der Waals surface area (Å²) < 4.78 is 0. The Kier molecular flexibility index (Phi) is 2.25. The predicted octanol–water partition coefficient (Wildman–Crippen LogP) is 1.17. The van der Waals surface area contributed by atoms with E-state index >= 15 is 0 Å². The molecule has 0 atom stereocenters. The zero-order valence-electron chi connectivity index (χ0n) is 9.96. The van der Waals surface area contributed by atoms with E-state index in [0.717, 1.165) is 40.8 Å². The molecule has 0 radical (unpaired) electrons. The number of rotatable bonds is 0. The highest BCUT2D eigenvalue weighted by Gasteiger charge is 2.30. The van der Waals surface area contributed by atoms with Crippen LogP contribution in [0.2, 0.25) is 0 Å². The molecular formula is C13H10N4OS. The normalized spacial score (nSPS) is 22.6. The second-order valence-electron chi connectivity index (χ2n) is 4.41. The van der Waals surface area contributed by atoms with Gasteiger partial charge in [0, 0.05) is 37.0 Å². The van der Waals surface area contributed by atoms with Crippen LogP contribution in [0.1, 0.15) is 11.3 Å². The van der Waals surface area contributed by atoms with Crippen LogP contribution in [0, 0.1) is 0 Å². The van der Waals surface area contributed by atoms with Gasteiger partial charge in [0.1, 0.15) is 5.03 Å². The molecule has 1 aromatic rings. The van der Waals surface area contributed by atoms with Gasteiger partial charge >= 0.3 is 0 Å². The van der Waals surface area contributed by atoms with Crippen molar-refractivity contribution in [3.63, 3.8) is 0 Å². The Bertz CT molecular complexity index is 713. The fraction of sp³-hybridized carbons (Fsp3) is 0.154. The molecule has 3 aliphatic heterocycles. The zero-order chi connectivity index (χ0) is 12.8. The van der Waals surface area contributed by atoms with Crippen molar-refractivity contribution in [2.45, 2.75) is 6.42 Å². The lowest BCUT2D eigenvalue weighted by molar-refractivity contribution is 0.900. The van der Waals surface area contributed by atoms with Crippen LogP contribution in [-0.2, 0) is 6.42 Å². The lowest BCUT2D eigenvalue weighted by Gasteiger charge is -2.25. The van der Waals surface area contributed by atoms with Gasteiger partial charge < -0.3 is 10.2 Å². The molecule has 0 aromatic carbocycles. The van der Waals surface area contributed by atoms with E-state index in [-0.39, 0.29) is 5.56 Å². The molecule has 0 fully saturated rings. The minimum Gasteiger partial charge on any atom is -0.353 e. The van der Waals surface area contributed by atoms with E-state index in [2.05, 4.69) is 20.2 Å². The standard InChI is InChI=1S/C13H10N4OS/c18-10-2-1-8-7-15-12(13-14-4-6-19-13)17-5-3-9(16-10)11(8)17/h1-2,4,6-7,14H,3,5H2/b13-12+. The van der Waals surface area contributed by atoms with Crippen molar-refractivity contribution in [1.29, 1.82) is 0 Å². The first-order chi connectivity index (χ1) is 9.33. The van der Waals surface area contributed by atoms with E-state index in [1.54, 1.807) is 17.8 Å². The Balaban J connectivity index is 1.94. The third kappa shape index (κ3) is 1.60. The molecule has 0 saturated heterocycles. The maximum absolute atomic E-state index is 11.5. The van der Waals surface area contributed by atoms with E-state index in [1.165, 1.54) is 6.07 Å². The summed E-state index contributed by atoms with van der Waals surface area (Å²) in [6, 6.07) is 3.30. The van der Waals surface area contributed by atoms with Gasteiger partial charge in [-0.05, 0) is 11.5 Å². The molecule has 94 valence electrons. The van der Waals surface area contributed by atoms with Crippen molar-refractivity contribution in [3.05, 3.63) is 56.2 Å². The quantitative estimate of drug-likeness (QED) is 0.767. The lowest BCUT2D eigenvalue weighted by atomic mass is 10.2. The molecule has 0 aliphatic carbocycles. The average molecular weight is 270 g/mol. The summed E-state index contributed by atoms with van der Waals surface area (Å²) in [5.74, 6) is 0.904. The third-order valence-electron chi connectivity index (χ3n) is 3.29. The lowest BCUT2D eigenvalue weighted by Crippen LogP contribution is -2.25. The van der Waals surface area contributed by atoms with E-state index < -0.39 is 0 Å². The highest BCUT2D eigenvalue weighted by Crippen LogP contribution is 2.37. The molecule has 6 heteroatoms. The maximum Gasteiger partial charge on any atom is 0.270 e. The van der Waals surface area contributed by atoms with Crippen molar-refractivity contribution in [1.82, 2.24) is 10.3 Å². The van der Waals surface area contributed by atoms with Crippen LogP contribution in [0.3, 0.4) is 0 Å². The van der Waals surface area contributed by atoms with Crippen molar-refractivity contribution in [3.8, 4) is 0 Å².